The number of carboxylic acid groups (broad SMARTS) is 1. The van der Waals surface area contributed by atoms with Gasteiger partial charge in [0.15, 0.2) is 0 Å². The number of carbonyl (C=O) groups is 2. The number of amides is 1. The lowest BCUT2D eigenvalue weighted by molar-refractivity contribution is -0.139. The van der Waals surface area contributed by atoms with Crippen molar-refractivity contribution >= 4 is 29.1 Å². The third-order valence-electron chi connectivity index (χ3n) is 2.62. The van der Waals surface area contributed by atoms with Crippen LogP contribution in [0.4, 0.5) is 0 Å². The van der Waals surface area contributed by atoms with Crippen LogP contribution in [-0.2, 0) is 9.59 Å². The number of carbonyl (C=O) groups excluding carboxylic acids is 1. The lowest BCUT2D eigenvalue weighted by Gasteiger charge is -2.23. The summed E-state index contributed by atoms with van der Waals surface area (Å²) >= 11 is 5.07. The minimum Gasteiger partial charge on any atom is -0.481 e. The highest BCUT2D eigenvalue weighted by Gasteiger charge is 2.38. The van der Waals surface area contributed by atoms with Gasteiger partial charge in [0.1, 0.15) is 5.92 Å². The summed E-state index contributed by atoms with van der Waals surface area (Å²) in [6.07, 6.45) is 0.479. The van der Waals surface area contributed by atoms with Crippen LogP contribution in [0.3, 0.4) is 0 Å². The topological polar surface area (TPSA) is 95.7 Å². The standard InChI is InChI=1S/C9H15N3O3S/c1-5-2-6(9(14)15)8(16)12(5)4-11-7(13)3-10/h5-6H,2-4,10H2,1H3,(H,11,13)(H,14,15). The highest BCUT2D eigenvalue weighted by Crippen LogP contribution is 2.25. The monoisotopic (exact) mass is 245 g/mol. The van der Waals surface area contributed by atoms with Crippen molar-refractivity contribution in [2.24, 2.45) is 11.7 Å². The maximum atomic E-state index is 11.0. The van der Waals surface area contributed by atoms with Gasteiger partial charge in [0.25, 0.3) is 0 Å². The van der Waals surface area contributed by atoms with E-state index in [0.29, 0.717) is 11.4 Å². The number of nitrogens with zero attached hydrogens (tertiary/aromatic N) is 1. The lowest BCUT2D eigenvalue weighted by Crippen LogP contribution is -2.43. The van der Waals surface area contributed by atoms with Crippen molar-refractivity contribution in [2.75, 3.05) is 13.2 Å². The molecule has 2 unspecified atom stereocenters. The van der Waals surface area contributed by atoms with Crippen LogP contribution in [0.1, 0.15) is 13.3 Å². The summed E-state index contributed by atoms with van der Waals surface area (Å²) in [5, 5.41) is 11.5. The van der Waals surface area contributed by atoms with E-state index in [9.17, 15) is 9.59 Å². The number of aliphatic carboxylic acids is 1. The summed E-state index contributed by atoms with van der Waals surface area (Å²) in [5.41, 5.74) is 5.14. The van der Waals surface area contributed by atoms with Gasteiger partial charge in [0, 0.05) is 6.04 Å². The van der Waals surface area contributed by atoms with Crippen molar-refractivity contribution in [3.63, 3.8) is 0 Å². The van der Waals surface area contributed by atoms with Crippen LogP contribution >= 0.6 is 12.2 Å². The predicted molar refractivity (Wildman–Crippen MR) is 61.7 cm³/mol. The molecule has 0 radical (unpaired) electrons. The van der Waals surface area contributed by atoms with Crippen LogP contribution in [0.5, 0.6) is 0 Å². The van der Waals surface area contributed by atoms with Crippen LogP contribution in [-0.4, -0.2) is 46.1 Å². The predicted octanol–water partition coefficient (Wildman–Crippen LogP) is -0.859. The van der Waals surface area contributed by atoms with Crippen molar-refractivity contribution in [2.45, 2.75) is 19.4 Å². The molecule has 1 aliphatic heterocycles. The Bertz CT molecular complexity index is 321. The zero-order valence-electron chi connectivity index (χ0n) is 8.97. The number of hydrogen-bond donors (Lipinski definition) is 3. The van der Waals surface area contributed by atoms with Crippen molar-refractivity contribution in [3.05, 3.63) is 0 Å². The first-order chi connectivity index (χ1) is 7.47. The Morgan fingerprint density at radius 3 is 2.75 bits per heavy atom. The van der Waals surface area contributed by atoms with Gasteiger partial charge in [-0.25, -0.2) is 0 Å². The highest BCUT2D eigenvalue weighted by atomic mass is 32.1. The van der Waals surface area contributed by atoms with Crippen LogP contribution in [0.25, 0.3) is 0 Å². The first-order valence-corrected chi connectivity index (χ1v) is 5.38. The molecule has 1 amide bonds. The molecule has 1 heterocycles. The van der Waals surface area contributed by atoms with E-state index in [1.807, 2.05) is 6.92 Å². The van der Waals surface area contributed by atoms with Crippen LogP contribution in [0, 0.1) is 5.92 Å². The first kappa shape index (κ1) is 12.9. The number of carboxylic acids is 1. The van der Waals surface area contributed by atoms with Gasteiger partial charge in [-0.1, -0.05) is 12.2 Å². The Balaban J connectivity index is 2.57. The van der Waals surface area contributed by atoms with E-state index in [1.54, 1.807) is 4.90 Å². The SMILES string of the molecule is CC1CC(C(=O)O)C(=S)N1CNC(=O)CN. The molecule has 1 rings (SSSR count). The van der Waals surface area contributed by atoms with Gasteiger partial charge in [-0.3, -0.25) is 9.59 Å². The largest absolute Gasteiger partial charge is 0.481 e. The minimum atomic E-state index is -0.912. The molecule has 6 nitrogen and oxygen atoms in total. The number of rotatable bonds is 4. The van der Waals surface area contributed by atoms with Gasteiger partial charge >= 0.3 is 5.97 Å². The molecule has 2 atom stereocenters. The Morgan fingerprint density at radius 1 is 1.69 bits per heavy atom. The summed E-state index contributed by atoms with van der Waals surface area (Å²) in [7, 11) is 0. The molecule has 0 aromatic rings. The summed E-state index contributed by atoms with van der Waals surface area (Å²) in [6.45, 7) is 2.01. The number of likely N-dealkylation sites (tertiary alicyclic amines) is 1. The van der Waals surface area contributed by atoms with E-state index in [0.717, 1.165) is 0 Å². The Kier molecular flexibility index (Phi) is 4.19. The summed E-state index contributed by atoms with van der Waals surface area (Å²) in [4.78, 5) is 23.9. The summed E-state index contributed by atoms with van der Waals surface area (Å²) in [6, 6.07) is 0.0201. The lowest BCUT2D eigenvalue weighted by atomic mass is 10.1. The fraction of sp³-hybridized carbons (Fsp3) is 0.667. The van der Waals surface area contributed by atoms with Gasteiger partial charge in [-0.2, -0.15) is 0 Å². The molecule has 0 saturated carbocycles. The maximum absolute atomic E-state index is 11.0. The molecule has 90 valence electrons. The second-order valence-corrected chi connectivity index (χ2v) is 4.16. The summed E-state index contributed by atoms with van der Waals surface area (Å²) in [5.74, 6) is -1.82. The van der Waals surface area contributed by atoms with Gasteiger partial charge in [-0.15, -0.1) is 0 Å². The number of thiocarbonyl (C=S) groups is 1. The zero-order valence-corrected chi connectivity index (χ0v) is 9.79. The Morgan fingerprint density at radius 2 is 2.31 bits per heavy atom. The van der Waals surface area contributed by atoms with Crippen molar-refractivity contribution in [1.29, 1.82) is 0 Å². The molecule has 0 aromatic carbocycles. The molecular weight excluding hydrogens is 230 g/mol. The van der Waals surface area contributed by atoms with Gasteiger partial charge < -0.3 is 21.1 Å². The summed E-state index contributed by atoms with van der Waals surface area (Å²) < 4.78 is 0. The fourth-order valence-electron chi connectivity index (χ4n) is 1.67. The van der Waals surface area contributed by atoms with Gasteiger partial charge in [-0.05, 0) is 13.3 Å². The third kappa shape index (κ3) is 2.67. The van der Waals surface area contributed by atoms with Crippen LogP contribution < -0.4 is 11.1 Å². The van der Waals surface area contributed by atoms with Crippen LogP contribution in [0.2, 0.25) is 0 Å². The van der Waals surface area contributed by atoms with Crippen molar-refractivity contribution in [1.82, 2.24) is 10.2 Å². The molecule has 16 heavy (non-hydrogen) atoms. The molecular formula is C9H15N3O3S. The fourth-order valence-corrected chi connectivity index (χ4v) is 2.11. The van der Waals surface area contributed by atoms with Gasteiger partial charge in [0.05, 0.1) is 18.2 Å². The Labute approximate surface area is 98.8 Å². The van der Waals surface area contributed by atoms with E-state index in [2.05, 4.69) is 5.32 Å². The molecule has 4 N–H and O–H groups in total. The second-order valence-electron chi connectivity index (χ2n) is 3.75. The Hall–Kier alpha value is -1.21. The average Bonchev–Trinajstić information content (AvgIpc) is 2.51. The van der Waals surface area contributed by atoms with E-state index in [-0.39, 0.29) is 25.2 Å². The molecule has 1 aliphatic rings. The molecule has 1 fully saturated rings. The average molecular weight is 245 g/mol. The number of nitrogens with two attached hydrogens (primary N) is 1. The molecule has 0 bridgehead atoms. The minimum absolute atomic E-state index is 0.0201. The maximum Gasteiger partial charge on any atom is 0.313 e. The molecule has 0 spiro atoms. The molecule has 1 saturated heterocycles. The first-order valence-electron chi connectivity index (χ1n) is 4.97. The molecule has 7 heteroatoms. The molecule has 0 aliphatic carbocycles. The third-order valence-corrected chi connectivity index (χ3v) is 3.14. The van der Waals surface area contributed by atoms with Crippen molar-refractivity contribution in [3.8, 4) is 0 Å². The number of hydrogen-bond acceptors (Lipinski definition) is 4. The molecule has 0 aromatic heterocycles. The van der Waals surface area contributed by atoms with E-state index >= 15 is 0 Å². The van der Waals surface area contributed by atoms with Gasteiger partial charge in [0.2, 0.25) is 5.91 Å². The van der Waals surface area contributed by atoms with E-state index < -0.39 is 11.9 Å². The van der Waals surface area contributed by atoms with Crippen LogP contribution in [0.15, 0.2) is 0 Å². The van der Waals surface area contributed by atoms with E-state index in [1.165, 1.54) is 0 Å². The van der Waals surface area contributed by atoms with E-state index in [4.69, 9.17) is 23.1 Å². The second kappa shape index (κ2) is 5.22. The highest BCUT2D eigenvalue weighted by molar-refractivity contribution is 7.80. The normalized spacial score (nSPS) is 24.6. The number of nitrogens with one attached hydrogen (secondary N) is 1. The smallest absolute Gasteiger partial charge is 0.313 e. The van der Waals surface area contributed by atoms with Crippen molar-refractivity contribution < 1.29 is 14.7 Å². The quantitative estimate of drug-likeness (QED) is 0.558. The zero-order chi connectivity index (χ0) is 12.3.